The molecule has 0 amide bonds. The van der Waals surface area contributed by atoms with Gasteiger partial charge in [0.2, 0.25) is 5.89 Å². The Balaban J connectivity index is 1.95. The molecule has 0 unspecified atom stereocenters. The summed E-state index contributed by atoms with van der Waals surface area (Å²) >= 11 is 0. The molecule has 108 valence electrons. The fourth-order valence-electron chi connectivity index (χ4n) is 1.74. The summed E-state index contributed by atoms with van der Waals surface area (Å²) in [4.78, 5) is 0. The lowest BCUT2D eigenvalue weighted by molar-refractivity contribution is -0.157. The molecule has 0 aliphatic carbocycles. The normalized spacial score (nSPS) is 11.7. The Hall–Kier alpha value is -2.05. The molecular formula is C13H13F3N2O2. The Labute approximate surface area is 113 Å². The molecule has 0 saturated heterocycles. The SMILES string of the molecule is Cc1cccc(C)c1OCCc1nnc(C(F)(F)F)o1. The first kappa shape index (κ1) is 14.4. The molecule has 0 radical (unpaired) electrons. The van der Waals surface area contributed by atoms with Crippen molar-refractivity contribution in [3.05, 3.63) is 41.1 Å². The molecular weight excluding hydrogens is 273 g/mol. The van der Waals surface area contributed by atoms with Gasteiger partial charge in [-0.15, -0.1) is 10.2 Å². The van der Waals surface area contributed by atoms with E-state index < -0.39 is 12.1 Å². The van der Waals surface area contributed by atoms with E-state index in [1.54, 1.807) is 0 Å². The lowest BCUT2D eigenvalue weighted by Gasteiger charge is -2.10. The fraction of sp³-hybridized carbons (Fsp3) is 0.385. The average Bonchev–Trinajstić information content (AvgIpc) is 2.81. The summed E-state index contributed by atoms with van der Waals surface area (Å²) in [6, 6.07) is 5.71. The number of hydrogen-bond acceptors (Lipinski definition) is 4. The summed E-state index contributed by atoms with van der Waals surface area (Å²) in [7, 11) is 0. The first-order valence-corrected chi connectivity index (χ1v) is 5.96. The summed E-state index contributed by atoms with van der Waals surface area (Å²) in [5.41, 5.74) is 1.93. The van der Waals surface area contributed by atoms with Crippen LogP contribution in [0.25, 0.3) is 0 Å². The van der Waals surface area contributed by atoms with Crippen molar-refractivity contribution in [2.24, 2.45) is 0 Å². The van der Waals surface area contributed by atoms with Gasteiger partial charge in [-0.25, -0.2) is 0 Å². The van der Waals surface area contributed by atoms with Crippen molar-refractivity contribution in [1.82, 2.24) is 10.2 Å². The molecule has 0 atom stereocenters. The van der Waals surface area contributed by atoms with Gasteiger partial charge in [-0.3, -0.25) is 0 Å². The Morgan fingerprint density at radius 2 is 1.80 bits per heavy atom. The molecule has 20 heavy (non-hydrogen) atoms. The van der Waals surface area contributed by atoms with Crippen LogP contribution >= 0.6 is 0 Å². The number of alkyl halides is 3. The third-order valence-electron chi connectivity index (χ3n) is 2.68. The Bertz CT molecular complexity index is 573. The minimum absolute atomic E-state index is 0.0939. The predicted molar refractivity (Wildman–Crippen MR) is 64.4 cm³/mol. The number of aromatic nitrogens is 2. The second kappa shape index (κ2) is 5.52. The topological polar surface area (TPSA) is 48.2 Å². The molecule has 4 nitrogen and oxygen atoms in total. The first-order chi connectivity index (χ1) is 9.38. The zero-order valence-corrected chi connectivity index (χ0v) is 11.0. The van der Waals surface area contributed by atoms with Crippen molar-refractivity contribution in [2.75, 3.05) is 6.61 Å². The maximum atomic E-state index is 12.3. The molecule has 0 N–H and O–H groups in total. The number of hydrogen-bond donors (Lipinski definition) is 0. The molecule has 0 saturated carbocycles. The summed E-state index contributed by atoms with van der Waals surface area (Å²) < 4.78 is 46.9. The van der Waals surface area contributed by atoms with E-state index in [-0.39, 0.29) is 18.9 Å². The summed E-state index contributed by atoms with van der Waals surface area (Å²) in [5, 5.41) is 6.29. The van der Waals surface area contributed by atoms with Gasteiger partial charge >= 0.3 is 12.1 Å². The molecule has 0 aliphatic heterocycles. The summed E-state index contributed by atoms with van der Waals surface area (Å²) in [6.45, 7) is 3.97. The monoisotopic (exact) mass is 286 g/mol. The van der Waals surface area contributed by atoms with Crippen LogP contribution in [0.1, 0.15) is 22.9 Å². The summed E-state index contributed by atoms with van der Waals surface area (Å²) in [6.07, 6.45) is -4.49. The number of halogens is 3. The van der Waals surface area contributed by atoms with Crippen LogP contribution in [-0.2, 0) is 12.6 Å². The van der Waals surface area contributed by atoms with Crippen molar-refractivity contribution >= 4 is 0 Å². The number of aryl methyl sites for hydroxylation is 2. The van der Waals surface area contributed by atoms with Crippen LogP contribution < -0.4 is 4.74 Å². The van der Waals surface area contributed by atoms with E-state index in [1.807, 2.05) is 32.0 Å². The van der Waals surface area contributed by atoms with E-state index in [0.717, 1.165) is 16.9 Å². The number of nitrogens with zero attached hydrogens (tertiary/aromatic N) is 2. The lowest BCUT2D eigenvalue weighted by atomic mass is 10.1. The van der Waals surface area contributed by atoms with Gasteiger partial charge in [0.25, 0.3) is 0 Å². The van der Waals surface area contributed by atoms with E-state index in [9.17, 15) is 13.2 Å². The van der Waals surface area contributed by atoms with Crippen LogP contribution in [0.2, 0.25) is 0 Å². The Kier molecular flexibility index (Phi) is 3.96. The zero-order chi connectivity index (χ0) is 14.8. The van der Waals surface area contributed by atoms with Gasteiger partial charge in [0, 0.05) is 0 Å². The fourth-order valence-corrected chi connectivity index (χ4v) is 1.74. The molecule has 1 aromatic carbocycles. The van der Waals surface area contributed by atoms with Crippen LogP contribution in [0, 0.1) is 13.8 Å². The van der Waals surface area contributed by atoms with E-state index in [2.05, 4.69) is 14.6 Å². The zero-order valence-electron chi connectivity index (χ0n) is 11.0. The van der Waals surface area contributed by atoms with Gasteiger partial charge in [-0.1, -0.05) is 18.2 Å². The van der Waals surface area contributed by atoms with Crippen LogP contribution in [-0.4, -0.2) is 16.8 Å². The highest BCUT2D eigenvalue weighted by Crippen LogP contribution is 2.28. The van der Waals surface area contributed by atoms with Crippen LogP contribution in [0.3, 0.4) is 0 Å². The van der Waals surface area contributed by atoms with E-state index in [1.165, 1.54) is 0 Å². The van der Waals surface area contributed by atoms with E-state index in [4.69, 9.17) is 4.74 Å². The average molecular weight is 286 g/mol. The van der Waals surface area contributed by atoms with Gasteiger partial charge in [-0.05, 0) is 25.0 Å². The minimum atomic E-state index is -4.61. The third-order valence-corrected chi connectivity index (χ3v) is 2.68. The molecule has 1 aromatic heterocycles. The Morgan fingerprint density at radius 3 is 2.35 bits per heavy atom. The highest BCUT2D eigenvalue weighted by atomic mass is 19.4. The summed E-state index contributed by atoms with van der Waals surface area (Å²) in [5.74, 6) is -0.703. The van der Waals surface area contributed by atoms with Crippen molar-refractivity contribution in [1.29, 1.82) is 0 Å². The molecule has 2 aromatic rings. The van der Waals surface area contributed by atoms with E-state index >= 15 is 0 Å². The number of rotatable bonds is 4. The van der Waals surface area contributed by atoms with Crippen molar-refractivity contribution in [2.45, 2.75) is 26.4 Å². The standard InChI is InChI=1S/C13H13F3N2O2/c1-8-4-3-5-9(2)11(8)19-7-6-10-17-18-12(20-10)13(14,15)16/h3-5H,6-7H2,1-2H3. The third kappa shape index (κ3) is 3.28. The van der Waals surface area contributed by atoms with Crippen molar-refractivity contribution in [3.63, 3.8) is 0 Å². The van der Waals surface area contributed by atoms with Crippen LogP contribution in [0.4, 0.5) is 13.2 Å². The Morgan fingerprint density at radius 1 is 1.15 bits per heavy atom. The van der Waals surface area contributed by atoms with Crippen LogP contribution in [0.5, 0.6) is 5.75 Å². The van der Waals surface area contributed by atoms with Crippen molar-refractivity contribution < 1.29 is 22.3 Å². The molecule has 1 heterocycles. The maximum Gasteiger partial charge on any atom is 0.470 e. The van der Waals surface area contributed by atoms with Crippen molar-refractivity contribution in [3.8, 4) is 5.75 Å². The highest BCUT2D eigenvalue weighted by molar-refractivity contribution is 5.39. The first-order valence-electron chi connectivity index (χ1n) is 5.96. The molecule has 7 heteroatoms. The molecule has 2 rings (SSSR count). The minimum Gasteiger partial charge on any atom is -0.493 e. The van der Waals surface area contributed by atoms with Gasteiger partial charge in [-0.2, -0.15) is 13.2 Å². The molecule has 0 bridgehead atoms. The smallest absolute Gasteiger partial charge is 0.470 e. The highest BCUT2D eigenvalue weighted by Gasteiger charge is 2.38. The second-order valence-corrected chi connectivity index (χ2v) is 4.32. The molecule has 0 spiro atoms. The van der Waals surface area contributed by atoms with Gasteiger partial charge in [0.15, 0.2) is 0 Å². The van der Waals surface area contributed by atoms with Gasteiger partial charge in [0.1, 0.15) is 5.75 Å². The number of ether oxygens (including phenoxy) is 1. The van der Waals surface area contributed by atoms with Gasteiger partial charge < -0.3 is 9.15 Å². The molecule has 0 aliphatic rings. The van der Waals surface area contributed by atoms with E-state index in [0.29, 0.717) is 0 Å². The predicted octanol–water partition coefficient (Wildman–Crippen LogP) is 3.33. The lowest BCUT2D eigenvalue weighted by Crippen LogP contribution is -2.05. The van der Waals surface area contributed by atoms with Gasteiger partial charge in [0.05, 0.1) is 13.0 Å². The molecule has 0 fully saturated rings. The number of para-hydroxylation sites is 1. The number of benzene rings is 1. The quantitative estimate of drug-likeness (QED) is 0.865. The largest absolute Gasteiger partial charge is 0.493 e. The maximum absolute atomic E-state index is 12.3. The van der Waals surface area contributed by atoms with Crippen LogP contribution in [0.15, 0.2) is 22.6 Å². The second-order valence-electron chi connectivity index (χ2n) is 4.32.